The van der Waals surface area contributed by atoms with E-state index in [1.165, 1.54) is 18.2 Å². The molecule has 164 valence electrons. The first-order chi connectivity index (χ1) is 14.8. The Labute approximate surface area is 180 Å². The van der Waals surface area contributed by atoms with Crippen LogP contribution < -0.4 is 15.8 Å². The molecule has 3 aromatic rings. The predicted molar refractivity (Wildman–Crippen MR) is 119 cm³/mol. The number of hydrogen-bond donors (Lipinski definition) is 2. The molecule has 0 amide bonds. The van der Waals surface area contributed by atoms with Crippen LogP contribution in [0.3, 0.4) is 0 Å². The van der Waals surface area contributed by atoms with Crippen LogP contribution in [0.5, 0.6) is 5.75 Å². The van der Waals surface area contributed by atoms with E-state index in [0.29, 0.717) is 43.0 Å². The van der Waals surface area contributed by atoms with Crippen molar-refractivity contribution in [1.82, 2.24) is 0 Å². The number of morpholine rings is 1. The monoisotopic (exact) mass is 426 g/mol. The van der Waals surface area contributed by atoms with Crippen molar-refractivity contribution in [3.8, 4) is 5.75 Å². The van der Waals surface area contributed by atoms with Crippen LogP contribution >= 0.6 is 0 Å². The molecule has 6 nitrogen and oxygen atoms in total. The SMILES string of the molecule is CCc1cc2c(CNc3ccc(N4C[C@H](C)O[C@@H](C)C4)c(F)c3)cc(=O)oc2cc1O. The highest BCUT2D eigenvalue weighted by Gasteiger charge is 2.24. The van der Waals surface area contributed by atoms with Gasteiger partial charge in [-0.05, 0) is 55.7 Å². The molecule has 2 N–H and O–H groups in total. The van der Waals surface area contributed by atoms with Gasteiger partial charge in [-0.25, -0.2) is 9.18 Å². The van der Waals surface area contributed by atoms with Crippen LogP contribution in [0.2, 0.25) is 0 Å². The van der Waals surface area contributed by atoms with Gasteiger partial charge in [-0.2, -0.15) is 0 Å². The number of phenols is 1. The summed E-state index contributed by atoms with van der Waals surface area (Å²) in [6.45, 7) is 7.53. The molecule has 1 aliphatic rings. The van der Waals surface area contributed by atoms with E-state index in [-0.39, 0.29) is 23.8 Å². The second-order valence-electron chi connectivity index (χ2n) is 8.10. The van der Waals surface area contributed by atoms with Crippen LogP contribution in [0.25, 0.3) is 11.0 Å². The number of nitrogens with zero attached hydrogens (tertiary/aromatic N) is 1. The normalized spacial score (nSPS) is 19.0. The molecule has 0 spiro atoms. The Kier molecular flexibility index (Phi) is 5.87. The van der Waals surface area contributed by atoms with E-state index < -0.39 is 5.63 Å². The van der Waals surface area contributed by atoms with Crippen LogP contribution in [-0.4, -0.2) is 30.4 Å². The van der Waals surface area contributed by atoms with Crippen molar-refractivity contribution in [1.29, 1.82) is 0 Å². The van der Waals surface area contributed by atoms with Crippen LogP contribution in [0.15, 0.2) is 45.6 Å². The second kappa shape index (κ2) is 8.59. The van der Waals surface area contributed by atoms with Crippen molar-refractivity contribution in [3.05, 3.63) is 63.8 Å². The van der Waals surface area contributed by atoms with Gasteiger partial charge in [0.15, 0.2) is 0 Å². The number of benzene rings is 2. The molecular weight excluding hydrogens is 399 g/mol. The van der Waals surface area contributed by atoms with Crippen molar-refractivity contribution in [2.45, 2.75) is 45.9 Å². The van der Waals surface area contributed by atoms with Crippen LogP contribution in [0.1, 0.15) is 31.9 Å². The molecule has 0 unspecified atom stereocenters. The molecule has 1 fully saturated rings. The first-order valence-corrected chi connectivity index (χ1v) is 10.6. The number of aryl methyl sites for hydroxylation is 1. The molecule has 2 atom stereocenters. The lowest BCUT2D eigenvalue weighted by atomic mass is 10.0. The highest BCUT2D eigenvalue weighted by atomic mass is 19.1. The fourth-order valence-electron chi connectivity index (χ4n) is 4.18. The fraction of sp³-hybridized carbons (Fsp3) is 0.375. The summed E-state index contributed by atoms with van der Waals surface area (Å²) in [6, 6.07) is 9.80. The lowest BCUT2D eigenvalue weighted by molar-refractivity contribution is -0.00539. The molecule has 2 heterocycles. The first-order valence-electron chi connectivity index (χ1n) is 10.6. The smallest absolute Gasteiger partial charge is 0.336 e. The average molecular weight is 426 g/mol. The lowest BCUT2D eigenvalue weighted by Gasteiger charge is -2.37. The van der Waals surface area contributed by atoms with Crippen molar-refractivity contribution >= 4 is 22.3 Å². The number of rotatable bonds is 5. The van der Waals surface area contributed by atoms with Crippen molar-refractivity contribution in [2.75, 3.05) is 23.3 Å². The number of halogens is 1. The van der Waals surface area contributed by atoms with Crippen LogP contribution in [0.4, 0.5) is 15.8 Å². The summed E-state index contributed by atoms with van der Waals surface area (Å²) in [7, 11) is 0. The largest absolute Gasteiger partial charge is 0.508 e. The summed E-state index contributed by atoms with van der Waals surface area (Å²) in [5.41, 5.74) is 2.50. The third-order valence-electron chi connectivity index (χ3n) is 5.60. The van der Waals surface area contributed by atoms with E-state index in [1.54, 1.807) is 6.07 Å². The van der Waals surface area contributed by atoms with E-state index in [0.717, 1.165) is 16.5 Å². The van der Waals surface area contributed by atoms with E-state index in [9.17, 15) is 14.3 Å². The third-order valence-corrected chi connectivity index (χ3v) is 5.60. The Morgan fingerprint density at radius 3 is 2.55 bits per heavy atom. The number of fused-ring (bicyclic) bond motifs is 1. The molecule has 1 aliphatic heterocycles. The first kappa shape index (κ1) is 21.2. The Morgan fingerprint density at radius 2 is 1.87 bits per heavy atom. The Morgan fingerprint density at radius 1 is 1.13 bits per heavy atom. The van der Waals surface area contributed by atoms with Gasteiger partial charge >= 0.3 is 5.63 Å². The highest BCUT2D eigenvalue weighted by molar-refractivity contribution is 5.83. The van der Waals surface area contributed by atoms with Crippen LogP contribution in [-0.2, 0) is 17.7 Å². The molecule has 0 radical (unpaired) electrons. The number of anilines is 2. The minimum atomic E-state index is -0.495. The van der Waals surface area contributed by atoms with E-state index in [1.807, 2.05) is 37.8 Å². The summed E-state index contributed by atoms with van der Waals surface area (Å²) in [5, 5.41) is 14.0. The van der Waals surface area contributed by atoms with Crippen molar-refractivity contribution in [2.24, 2.45) is 0 Å². The summed E-state index contributed by atoms with van der Waals surface area (Å²) in [6.07, 6.45) is 0.747. The molecule has 4 rings (SSSR count). The van der Waals surface area contributed by atoms with Crippen LogP contribution in [0, 0.1) is 5.82 Å². The molecule has 31 heavy (non-hydrogen) atoms. The van der Waals surface area contributed by atoms with Gasteiger partial charge in [0.1, 0.15) is 17.1 Å². The predicted octanol–water partition coefficient (Wildman–Crippen LogP) is 4.43. The highest BCUT2D eigenvalue weighted by Crippen LogP contribution is 2.29. The molecule has 0 aliphatic carbocycles. The summed E-state index contributed by atoms with van der Waals surface area (Å²) in [5.74, 6) is -0.199. The number of nitrogens with one attached hydrogen (secondary N) is 1. The minimum Gasteiger partial charge on any atom is -0.508 e. The number of aromatic hydroxyl groups is 1. The number of ether oxygens (including phenoxy) is 1. The van der Waals surface area contributed by atoms with Crippen molar-refractivity contribution < 1.29 is 18.7 Å². The van der Waals surface area contributed by atoms with E-state index in [4.69, 9.17) is 9.15 Å². The average Bonchev–Trinajstić information content (AvgIpc) is 2.70. The summed E-state index contributed by atoms with van der Waals surface area (Å²) >= 11 is 0. The molecule has 1 aromatic heterocycles. The van der Waals surface area contributed by atoms with Crippen molar-refractivity contribution in [3.63, 3.8) is 0 Å². The quantitative estimate of drug-likeness (QED) is 0.588. The standard InChI is InChI=1S/C24H27FN2O4/c1-4-16-7-19-17(8-24(29)31-23(19)10-22(16)28)11-26-18-5-6-21(20(25)9-18)27-12-14(2)30-15(3)13-27/h5-10,14-15,26,28H,4,11-13H2,1-3H3/t14-,15-/m0/s1. The van der Waals surface area contributed by atoms with Gasteiger partial charge in [0, 0.05) is 42.8 Å². The van der Waals surface area contributed by atoms with Gasteiger partial charge in [0.25, 0.3) is 0 Å². The maximum Gasteiger partial charge on any atom is 0.336 e. The molecule has 1 saturated heterocycles. The number of phenolic OH excluding ortho intramolecular Hbond substituents is 1. The van der Waals surface area contributed by atoms with Gasteiger partial charge in [0.05, 0.1) is 17.9 Å². The van der Waals surface area contributed by atoms with Gasteiger partial charge in [-0.15, -0.1) is 0 Å². The summed E-state index contributed by atoms with van der Waals surface area (Å²) in [4.78, 5) is 14.0. The van der Waals surface area contributed by atoms with Gasteiger partial charge in [0.2, 0.25) is 0 Å². The minimum absolute atomic E-state index is 0.0477. The molecule has 0 bridgehead atoms. The van der Waals surface area contributed by atoms with Gasteiger partial charge in [-0.1, -0.05) is 6.92 Å². The summed E-state index contributed by atoms with van der Waals surface area (Å²) < 4.78 is 25.8. The fourth-order valence-corrected chi connectivity index (χ4v) is 4.18. The lowest BCUT2D eigenvalue weighted by Crippen LogP contribution is -2.45. The zero-order valence-electron chi connectivity index (χ0n) is 17.9. The molecule has 2 aromatic carbocycles. The maximum atomic E-state index is 14.9. The van der Waals surface area contributed by atoms with E-state index >= 15 is 0 Å². The van der Waals surface area contributed by atoms with Gasteiger partial charge in [-0.3, -0.25) is 0 Å². The zero-order chi connectivity index (χ0) is 22.1. The Hall–Kier alpha value is -3.06. The molecular formula is C24H27FN2O4. The second-order valence-corrected chi connectivity index (χ2v) is 8.10. The molecule has 0 saturated carbocycles. The Bertz CT molecular complexity index is 1150. The topological polar surface area (TPSA) is 74.9 Å². The molecule has 7 heteroatoms. The maximum absolute atomic E-state index is 14.9. The Balaban J connectivity index is 1.56. The van der Waals surface area contributed by atoms with E-state index in [2.05, 4.69) is 5.32 Å². The zero-order valence-corrected chi connectivity index (χ0v) is 17.9. The third kappa shape index (κ3) is 4.51. The number of hydrogen-bond acceptors (Lipinski definition) is 6. The van der Waals surface area contributed by atoms with Gasteiger partial charge < -0.3 is 24.5 Å².